The minimum atomic E-state index is -0.101. The van der Waals surface area contributed by atoms with Gasteiger partial charge in [-0.3, -0.25) is 9.69 Å². The van der Waals surface area contributed by atoms with E-state index in [0.717, 1.165) is 28.5 Å². The Hall–Kier alpha value is -3.97. The lowest BCUT2D eigenvalue weighted by atomic mass is 10.2. The van der Waals surface area contributed by atoms with Crippen molar-refractivity contribution in [2.45, 2.75) is 13.5 Å². The van der Waals surface area contributed by atoms with E-state index in [0.29, 0.717) is 22.4 Å². The molecule has 0 unspecified atom stereocenters. The minimum Gasteiger partial charge on any atom is -0.497 e. The first-order chi connectivity index (χ1) is 16.6. The standard InChI is InChI=1S/C27H23N3O3S/c1-19-10-11-22(30(19)21-12-14-23(32-2)15-13-21)17-25-26(31)29(18-24-9-6-16-33-24)27(34-25)28-20-7-4-3-5-8-20/h3-17H,18H2,1-2H3/b25-17-,28-27?. The second-order valence-electron chi connectivity index (χ2n) is 7.74. The molecule has 1 amide bonds. The summed E-state index contributed by atoms with van der Waals surface area (Å²) in [6, 6.07) is 25.2. The number of nitrogens with zero attached hydrogens (tertiary/aromatic N) is 3. The molecule has 0 atom stereocenters. The van der Waals surface area contributed by atoms with Gasteiger partial charge in [-0.15, -0.1) is 0 Å². The number of furan rings is 1. The molecular weight excluding hydrogens is 446 g/mol. The molecule has 5 rings (SSSR count). The number of methoxy groups -OCH3 is 1. The van der Waals surface area contributed by atoms with Crippen molar-refractivity contribution < 1.29 is 13.9 Å². The Morgan fingerprint density at radius 2 is 1.79 bits per heavy atom. The van der Waals surface area contributed by atoms with Crippen molar-refractivity contribution in [2.75, 3.05) is 7.11 Å². The van der Waals surface area contributed by atoms with Crippen LogP contribution in [0.5, 0.6) is 5.75 Å². The summed E-state index contributed by atoms with van der Waals surface area (Å²) in [7, 11) is 1.65. The van der Waals surface area contributed by atoms with E-state index in [2.05, 4.69) is 4.57 Å². The van der Waals surface area contributed by atoms with Crippen LogP contribution in [0.15, 0.2) is 99.4 Å². The van der Waals surface area contributed by atoms with E-state index >= 15 is 0 Å². The van der Waals surface area contributed by atoms with Crippen molar-refractivity contribution in [3.8, 4) is 11.4 Å². The first-order valence-electron chi connectivity index (χ1n) is 10.8. The number of aliphatic imine (C=N–C) groups is 1. The lowest BCUT2D eigenvalue weighted by Gasteiger charge is -2.14. The van der Waals surface area contributed by atoms with E-state index in [9.17, 15) is 4.79 Å². The number of amides is 1. The minimum absolute atomic E-state index is 0.101. The molecule has 1 aliphatic heterocycles. The van der Waals surface area contributed by atoms with Gasteiger partial charge in [-0.05, 0) is 85.4 Å². The Labute approximate surface area is 202 Å². The second kappa shape index (κ2) is 9.49. The van der Waals surface area contributed by atoms with Crippen molar-refractivity contribution in [1.82, 2.24) is 9.47 Å². The third-order valence-electron chi connectivity index (χ3n) is 5.48. The number of aromatic nitrogens is 1. The third kappa shape index (κ3) is 4.43. The number of aryl methyl sites for hydroxylation is 1. The van der Waals surface area contributed by atoms with E-state index in [-0.39, 0.29) is 5.91 Å². The Balaban J connectivity index is 1.52. The van der Waals surface area contributed by atoms with Crippen molar-refractivity contribution in [2.24, 2.45) is 4.99 Å². The summed E-state index contributed by atoms with van der Waals surface area (Å²) in [6.07, 6.45) is 3.53. The van der Waals surface area contributed by atoms with Gasteiger partial charge in [0.25, 0.3) is 5.91 Å². The smallest absolute Gasteiger partial charge is 0.267 e. The highest BCUT2D eigenvalue weighted by Gasteiger charge is 2.34. The summed E-state index contributed by atoms with van der Waals surface area (Å²) in [5.41, 5.74) is 3.77. The highest BCUT2D eigenvalue weighted by atomic mass is 32.2. The number of ether oxygens (including phenoxy) is 1. The molecule has 1 fully saturated rings. The normalized spacial score (nSPS) is 16.1. The van der Waals surface area contributed by atoms with Crippen LogP contribution < -0.4 is 4.74 Å². The SMILES string of the molecule is COc1ccc(-n2c(C)ccc2/C=C2\SC(=Nc3ccccc3)N(Cc3ccco3)C2=O)cc1. The first kappa shape index (κ1) is 21.9. The fourth-order valence-electron chi connectivity index (χ4n) is 3.79. The lowest BCUT2D eigenvalue weighted by molar-refractivity contribution is -0.122. The van der Waals surface area contributed by atoms with Crippen molar-refractivity contribution in [3.05, 3.63) is 107 Å². The molecule has 2 aromatic carbocycles. The zero-order chi connectivity index (χ0) is 23.5. The summed E-state index contributed by atoms with van der Waals surface area (Å²) in [4.78, 5) is 20.5. The summed E-state index contributed by atoms with van der Waals surface area (Å²) in [5, 5.41) is 0.623. The van der Waals surface area contributed by atoms with Gasteiger partial charge in [0.1, 0.15) is 11.5 Å². The molecule has 34 heavy (non-hydrogen) atoms. The van der Waals surface area contributed by atoms with Gasteiger partial charge in [-0.1, -0.05) is 18.2 Å². The average Bonchev–Trinajstić information content (AvgIpc) is 3.57. The van der Waals surface area contributed by atoms with Crippen LogP contribution in [0.2, 0.25) is 0 Å². The van der Waals surface area contributed by atoms with Crippen LogP contribution in [-0.4, -0.2) is 27.7 Å². The predicted molar refractivity (Wildman–Crippen MR) is 135 cm³/mol. The molecule has 1 aliphatic rings. The van der Waals surface area contributed by atoms with Gasteiger partial charge in [0.2, 0.25) is 0 Å². The third-order valence-corrected chi connectivity index (χ3v) is 6.49. The number of rotatable bonds is 6. The fourth-order valence-corrected chi connectivity index (χ4v) is 4.77. The number of carbonyl (C=O) groups is 1. The molecule has 0 radical (unpaired) electrons. The summed E-state index contributed by atoms with van der Waals surface area (Å²) < 4.78 is 12.9. The Morgan fingerprint density at radius 1 is 1.00 bits per heavy atom. The molecular formula is C27H23N3O3S. The van der Waals surface area contributed by atoms with Crippen LogP contribution in [0.4, 0.5) is 5.69 Å². The van der Waals surface area contributed by atoms with Crippen LogP contribution in [0, 0.1) is 6.92 Å². The molecule has 0 spiro atoms. The van der Waals surface area contributed by atoms with Crippen LogP contribution in [0.25, 0.3) is 11.8 Å². The molecule has 0 aliphatic carbocycles. The molecule has 2 aromatic heterocycles. The Bertz CT molecular complexity index is 1350. The van der Waals surface area contributed by atoms with Gasteiger partial charge >= 0.3 is 0 Å². The average molecular weight is 470 g/mol. The van der Waals surface area contributed by atoms with Gasteiger partial charge in [-0.25, -0.2) is 4.99 Å². The van der Waals surface area contributed by atoms with Crippen molar-refractivity contribution in [3.63, 3.8) is 0 Å². The van der Waals surface area contributed by atoms with E-state index in [1.54, 1.807) is 18.3 Å². The molecule has 170 valence electrons. The molecule has 3 heterocycles. The summed E-state index contributed by atoms with van der Waals surface area (Å²) in [6.45, 7) is 2.36. The number of thioether (sulfide) groups is 1. The highest BCUT2D eigenvalue weighted by molar-refractivity contribution is 8.18. The number of hydrogen-bond acceptors (Lipinski definition) is 5. The Kier molecular flexibility index (Phi) is 6.10. The zero-order valence-corrected chi connectivity index (χ0v) is 19.7. The molecule has 0 saturated carbocycles. The zero-order valence-electron chi connectivity index (χ0n) is 18.8. The predicted octanol–water partition coefficient (Wildman–Crippen LogP) is 6.19. The van der Waals surface area contributed by atoms with Gasteiger partial charge in [0.05, 0.1) is 30.5 Å². The largest absolute Gasteiger partial charge is 0.497 e. The van der Waals surface area contributed by atoms with Gasteiger partial charge < -0.3 is 13.7 Å². The van der Waals surface area contributed by atoms with Crippen molar-refractivity contribution >= 4 is 34.6 Å². The molecule has 6 nitrogen and oxygen atoms in total. The lowest BCUT2D eigenvalue weighted by Crippen LogP contribution is -2.28. The Morgan fingerprint density at radius 3 is 2.50 bits per heavy atom. The van der Waals surface area contributed by atoms with Gasteiger partial charge in [0, 0.05) is 17.1 Å². The quantitative estimate of drug-likeness (QED) is 0.316. The maximum Gasteiger partial charge on any atom is 0.267 e. The maximum absolute atomic E-state index is 13.5. The van der Waals surface area contributed by atoms with Crippen LogP contribution in [0.1, 0.15) is 17.1 Å². The van der Waals surface area contributed by atoms with E-state index in [4.69, 9.17) is 14.1 Å². The number of amidine groups is 1. The van der Waals surface area contributed by atoms with Gasteiger partial charge in [-0.2, -0.15) is 0 Å². The van der Waals surface area contributed by atoms with E-state index in [1.807, 2.05) is 91.9 Å². The van der Waals surface area contributed by atoms with Crippen LogP contribution in [-0.2, 0) is 11.3 Å². The van der Waals surface area contributed by atoms with Crippen LogP contribution >= 0.6 is 11.8 Å². The molecule has 4 aromatic rings. The molecule has 7 heteroatoms. The maximum atomic E-state index is 13.5. The fraction of sp³-hybridized carbons (Fsp3) is 0.111. The van der Waals surface area contributed by atoms with E-state index < -0.39 is 0 Å². The number of carbonyl (C=O) groups excluding carboxylic acids is 1. The monoisotopic (exact) mass is 469 g/mol. The number of benzene rings is 2. The molecule has 0 bridgehead atoms. The number of hydrogen-bond donors (Lipinski definition) is 0. The van der Waals surface area contributed by atoms with E-state index in [1.165, 1.54) is 11.8 Å². The van der Waals surface area contributed by atoms with Gasteiger partial charge in [0.15, 0.2) is 5.17 Å². The van der Waals surface area contributed by atoms with Crippen molar-refractivity contribution in [1.29, 1.82) is 0 Å². The molecule has 0 N–H and O–H groups in total. The first-order valence-corrected chi connectivity index (χ1v) is 11.6. The number of para-hydroxylation sites is 1. The van der Waals surface area contributed by atoms with Crippen LogP contribution in [0.3, 0.4) is 0 Å². The second-order valence-corrected chi connectivity index (χ2v) is 8.75. The molecule has 1 saturated heterocycles. The summed E-state index contributed by atoms with van der Waals surface area (Å²) >= 11 is 1.37. The topological polar surface area (TPSA) is 60.0 Å². The summed E-state index contributed by atoms with van der Waals surface area (Å²) in [5.74, 6) is 1.40. The highest BCUT2D eigenvalue weighted by Crippen LogP contribution is 2.36.